The molecule has 0 aliphatic heterocycles. The molecule has 0 bridgehead atoms. The molecule has 0 spiro atoms. The normalized spacial score (nSPS) is 20.9. The van der Waals surface area contributed by atoms with E-state index < -0.39 is 0 Å². The van der Waals surface area contributed by atoms with E-state index in [1.54, 1.807) is 0 Å². The number of thioether (sulfide) groups is 1. The Labute approximate surface area is 135 Å². The highest BCUT2D eigenvalue weighted by molar-refractivity contribution is 7.99. The summed E-state index contributed by atoms with van der Waals surface area (Å²) in [7, 11) is 0. The summed E-state index contributed by atoms with van der Waals surface area (Å²) < 4.78 is 1.93. The third-order valence-electron chi connectivity index (χ3n) is 4.69. The van der Waals surface area contributed by atoms with Crippen molar-refractivity contribution in [2.75, 3.05) is 5.75 Å². The smallest absolute Gasteiger partial charge is 0.230 e. The van der Waals surface area contributed by atoms with Gasteiger partial charge in [-0.15, -0.1) is 5.10 Å². The van der Waals surface area contributed by atoms with E-state index in [1.807, 2.05) is 4.68 Å². The van der Waals surface area contributed by atoms with E-state index in [0.29, 0.717) is 17.8 Å². The van der Waals surface area contributed by atoms with Crippen LogP contribution in [0.4, 0.5) is 0 Å². The van der Waals surface area contributed by atoms with Gasteiger partial charge in [-0.05, 0) is 36.1 Å². The molecule has 2 aliphatic rings. The highest BCUT2D eigenvalue weighted by Gasteiger charge is 2.21. The Bertz CT molecular complexity index is 480. The maximum Gasteiger partial charge on any atom is 0.230 e. The predicted molar refractivity (Wildman–Crippen MR) is 85.7 cm³/mol. The number of nitrogens with one attached hydrogen (secondary N) is 1. The number of hydrogen-bond acceptors (Lipinski definition) is 5. The first-order valence-corrected chi connectivity index (χ1v) is 9.51. The largest absolute Gasteiger partial charge is 0.353 e. The number of nitrogens with zero attached hydrogens (tertiary/aromatic N) is 4. The van der Waals surface area contributed by atoms with Crippen LogP contribution in [0.15, 0.2) is 5.16 Å². The Morgan fingerprint density at radius 1 is 1.09 bits per heavy atom. The summed E-state index contributed by atoms with van der Waals surface area (Å²) in [6.07, 6.45) is 12.1. The van der Waals surface area contributed by atoms with Crippen LogP contribution in [0.5, 0.6) is 0 Å². The van der Waals surface area contributed by atoms with E-state index in [-0.39, 0.29) is 5.91 Å². The van der Waals surface area contributed by atoms with E-state index in [9.17, 15) is 4.79 Å². The molecule has 0 atom stereocenters. The average molecular weight is 323 g/mol. The van der Waals surface area contributed by atoms with Crippen LogP contribution in [0.1, 0.15) is 70.3 Å². The minimum Gasteiger partial charge on any atom is -0.353 e. The lowest BCUT2D eigenvalue weighted by molar-refractivity contribution is -0.119. The lowest BCUT2D eigenvalue weighted by atomic mass is 9.95. The van der Waals surface area contributed by atoms with Crippen molar-refractivity contribution in [1.29, 1.82) is 0 Å². The second-order valence-corrected chi connectivity index (χ2v) is 7.33. The van der Waals surface area contributed by atoms with Crippen LogP contribution in [0.2, 0.25) is 0 Å². The van der Waals surface area contributed by atoms with Gasteiger partial charge in [-0.3, -0.25) is 4.79 Å². The molecule has 1 amide bonds. The lowest BCUT2D eigenvalue weighted by Crippen LogP contribution is -2.37. The van der Waals surface area contributed by atoms with Crippen molar-refractivity contribution in [1.82, 2.24) is 25.5 Å². The fraction of sp³-hybridized carbons (Fsp3) is 0.867. The quantitative estimate of drug-likeness (QED) is 0.844. The zero-order valence-corrected chi connectivity index (χ0v) is 13.9. The fourth-order valence-electron chi connectivity index (χ4n) is 3.48. The van der Waals surface area contributed by atoms with Crippen molar-refractivity contribution in [3.8, 4) is 0 Å². The lowest BCUT2D eigenvalue weighted by Gasteiger charge is -2.23. The zero-order valence-electron chi connectivity index (χ0n) is 13.0. The maximum atomic E-state index is 12.1. The molecule has 2 fully saturated rings. The first-order chi connectivity index (χ1) is 10.8. The molecule has 22 heavy (non-hydrogen) atoms. The van der Waals surface area contributed by atoms with Gasteiger partial charge >= 0.3 is 0 Å². The topological polar surface area (TPSA) is 72.7 Å². The van der Waals surface area contributed by atoms with E-state index in [2.05, 4.69) is 20.8 Å². The van der Waals surface area contributed by atoms with Crippen LogP contribution in [0, 0.1) is 0 Å². The molecule has 2 aliphatic carbocycles. The van der Waals surface area contributed by atoms with E-state index in [0.717, 1.165) is 30.8 Å². The van der Waals surface area contributed by atoms with Gasteiger partial charge in [0, 0.05) is 6.04 Å². The highest BCUT2D eigenvalue weighted by atomic mass is 32.2. The van der Waals surface area contributed by atoms with Crippen LogP contribution in [0.25, 0.3) is 0 Å². The number of tetrazole rings is 1. The Hall–Kier alpha value is -1.11. The van der Waals surface area contributed by atoms with Gasteiger partial charge in [0.05, 0.1) is 11.8 Å². The van der Waals surface area contributed by atoms with Gasteiger partial charge in [-0.1, -0.05) is 50.3 Å². The monoisotopic (exact) mass is 323 g/mol. The predicted octanol–water partition coefficient (Wildman–Crippen LogP) is 2.72. The van der Waals surface area contributed by atoms with Crippen LogP contribution in [-0.2, 0) is 4.79 Å². The molecule has 0 aromatic carbocycles. The maximum absolute atomic E-state index is 12.1. The molecule has 0 unspecified atom stereocenters. The van der Waals surface area contributed by atoms with E-state index >= 15 is 0 Å². The summed E-state index contributed by atoms with van der Waals surface area (Å²) in [5.74, 6) is 0.513. The Morgan fingerprint density at radius 2 is 1.77 bits per heavy atom. The van der Waals surface area contributed by atoms with Crippen LogP contribution in [0.3, 0.4) is 0 Å². The molecule has 2 saturated carbocycles. The molecule has 0 radical (unpaired) electrons. The highest BCUT2D eigenvalue weighted by Crippen LogP contribution is 2.30. The Kier molecular flexibility index (Phi) is 5.70. The van der Waals surface area contributed by atoms with E-state index in [1.165, 1.54) is 50.3 Å². The number of hydrogen-bond donors (Lipinski definition) is 1. The fourth-order valence-corrected chi connectivity index (χ4v) is 4.24. The van der Waals surface area contributed by atoms with Crippen LogP contribution < -0.4 is 5.32 Å². The Morgan fingerprint density at radius 3 is 2.50 bits per heavy atom. The van der Waals surface area contributed by atoms with Crippen molar-refractivity contribution < 1.29 is 4.79 Å². The number of aromatic nitrogens is 4. The number of carbonyl (C=O) groups excluding carboxylic acids is 1. The van der Waals surface area contributed by atoms with Crippen molar-refractivity contribution >= 4 is 17.7 Å². The SMILES string of the molecule is O=C(CSc1nnnn1C1CCCCC1)NC1CCCCC1. The summed E-state index contributed by atoms with van der Waals surface area (Å²) >= 11 is 1.46. The van der Waals surface area contributed by atoms with Gasteiger partial charge in [0.25, 0.3) is 0 Å². The standard InChI is InChI=1S/C15H25N5OS/c21-14(16-12-7-3-1-4-8-12)11-22-15-17-18-19-20(15)13-9-5-2-6-10-13/h12-13H,1-11H2,(H,16,21). The molecule has 1 N–H and O–H groups in total. The molecule has 6 nitrogen and oxygen atoms in total. The van der Waals surface area contributed by atoms with Gasteiger partial charge in [0.1, 0.15) is 0 Å². The van der Waals surface area contributed by atoms with Crippen molar-refractivity contribution in [2.45, 2.75) is 81.4 Å². The minimum absolute atomic E-state index is 0.107. The molecular weight excluding hydrogens is 298 g/mol. The molecule has 0 saturated heterocycles. The average Bonchev–Trinajstić information content (AvgIpc) is 3.03. The zero-order chi connectivity index (χ0) is 15.2. The second-order valence-electron chi connectivity index (χ2n) is 6.39. The summed E-state index contributed by atoms with van der Waals surface area (Å²) in [5, 5.41) is 16.0. The number of rotatable bonds is 5. The Balaban J connectivity index is 1.48. The molecule has 1 aromatic rings. The number of carbonyl (C=O) groups is 1. The van der Waals surface area contributed by atoms with Gasteiger partial charge in [-0.2, -0.15) is 0 Å². The van der Waals surface area contributed by atoms with Crippen LogP contribution in [-0.4, -0.2) is 37.9 Å². The first kappa shape index (κ1) is 15.8. The van der Waals surface area contributed by atoms with Crippen LogP contribution >= 0.6 is 11.8 Å². The second kappa shape index (κ2) is 7.94. The summed E-state index contributed by atoms with van der Waals surface area (Å²) in [5.41, 5.74) is 0. The number of amides is 1. The van der Waals surface area contributed by atoms with Crippen molar-refractivity contribution in [3.05, 3.63) is 0 Å². The summed E-state index contributed by atoms with van der Waals surface area (Å²) in [6, 6.07) is 0.781. The van der Waals surface area contributed by atoms with E-state index in [4.69, 9.17) is 0 Å². The molecule has 7 heteroatoms. The van der Waals surface area contributed by atoms with Gasteiger partial charge in [0.15, 0.2) is 0 Å². The summed E-state index contributed by atoms with van der Waals surface area (Å²) in [4.78, 5) is 12.1. The van der Waals surface area contributed by atoms with Gasteiger partial charge < -0.3 is 5.32 Å². The molecule has 122 valence electrons. The molecule has 3 rings (SSSR count). The summed E-state index contributed by atoms with van der Waals surface area (Å²) in [6.45, 7) is 0. The van der Waals surface area contributed by atoms with Crippen molar-refractivity contribution in [2.24, 2.45) is 0 Å². The van der Waals surface area contributed by atoms with Gasteiger partial charge in [-0.25, -0.2) is 4.68 Å². The molecular formula is C15H25N5OS. The third kappa shape index (κ3) is 4.21. The first-order valence-electron chi connectivity index (χ1n) is 8.53. The molecule has 1 aromatic heterocycles. The van der Waals surface area contributed by atoms with Crippen molar-refractivity contribution in [3.63, 3.8) is 0 Å². The molecule has 1 heterocycles. The minimum atomic E-state index is 0.107. The third-order valence-corrected chi connectivity index (χ3v) is 5.62. The van der Waals surface area contributed by atoms with Gasteiger partial charge in [0.2, 0.25) is 11.1 Å².